The van der Waals surface area contributed by atoms with Gasteiger partial charge in [0.05, 0.1) is 0 Å². The summed E-state index contributed by atoms with van der Waals surface area (Å²) in [6.45, 7) is 0. The summed E-state index contributed by atoms with van der Waals surface area (Å²) < 4.78 is 2.65. The normalized spacial score (nSPS) is 11.8. The molecule has 1 N–H and O–H groups in total. The molecule has 4 aromatic carbocycles. The average molecular weight is 300 g/mol. The summed E-state index contributed by atoms with van der Waals surface area (Å²) in [4.78, 5) is 0. The molecule has 5 rings (SSSR count). The molecule has 0 bridgehead atoms. The highest BCUT2D eigenvalue weighted by atomic mass is 32.1. The number of hydrogen-bond acceptors (Lipinski definition) is 2. The van der Waals surface area contributed by atoms with Gasteiger partial charge in [0.1, 0.15) is 5.75 Å². The zero-order chi connectivity index (χ0) is 14.7. The Kier molecular flexibility index (Phi) is 2.30. The molecule has 0 aliphatic rings. The molecule has 0 spiro atoms. The highest BCUT2D eigenvalue weighted by molar-refractivity contribution is 7.26. The lowest BCUT2D eigenvalue weighted by molar-refractivity contribution is 0.476. The van der Waals surface area contributed by atoms with Crippen LogP contribution >= 0.6 is 11.3 Å². The predicted molar refractivity (Wildman–Crippen MR) is 96.0 cm³/mol. The fraction of sp³-hybridized carbons (Fsp3) is 0. The molecule has 0 saturated carbocycles. The lowest BCUT2D eigenvalue weighted by atomic mass is 10.00. The Morgan fingerprint density at radius 1 is 0.682 bits per heavy atom. The van der Waals surface area contributed by atoms with Gasteiger partial charge in [-0.3, -0.25) is 0 Å². The molecule has 2 heteroatoms. The van der Waals surface area contributed by atoms with Crippen molar-refractivity contribution in [3.8, 4) is 5.75 Å². The van der Waals surface area contributed by atoms with Gasteiger partial charge in [-0.05, 0) is 34.4 Å². The smallest absolute Gasteiger partial charge is 0.116 e. The highest BCUT2D eigenvalue weighted by Crippen LogP contribution is 2.41. The first-order valence-corrected chi connectivity index (χ1v) is 8.09. The first-order chi connectivity index (χ1) is 10.8. The van der Waals surface area contributed by atoms with Crippen LogP contribution in [-0.2, 0) is 0 Å². The molecule has 0 saturated heterocycles. The van der Waals surface area contributed by atoms with Crippen molar-refractivity contribution < 1.29 is 5.11 Å². The van der Waals surface area contributed by atoms with Crippen LogP contribution in [0.3, 0.4) is 0 Å². The number of thiophene rings is 1. The number of benzene rings is 4. The topological polar surface area (TPSA) is 20.2 Å². The third-order valence-corrected chi connectivity index (χ3v) is 5.53. The maximum absolute atomic E-state index is 9.73. The van der Waals surface area contributed by atoms with Crippen LogP contribution < -0.4 is 0 Å². The van der Waals surface area contributed by atoms with Gasteiger partial charge in [0, 0.05) is 25.6 Å². The van der Waals surface area contributed by atoms with E-state index in [2.05, 4.69) is 48.5 Å². The van der Waals surface area contributed by atoms with E-state index >= 15 is 0 Å². The van der Waals surface area contributed by atoms with E-state index in [1.54, 1.807) is 6.07 Å². The molecule has 1 heterocycles. The second-order valence-corrected chi connectivity index (χ2v) is 6.66. The second kappa shape index (κ2) is 4.21. The van der Waals surface area contributed by atoms with Crippen LogP contribution in [0, 0.1) is 0 Å². The van der Waals surface area contributed by atoms with E-state index in [9.17, 15) is 5.11 Å². The lowest BCUT2D eigenvalue weighted by Crippen LogP contribution is -1.78. The van der Waals surface area contributed by atoms with Gasteiger partial charge in [-0.1, -0.05) is 48.5 Å². The minimum atomic E-state index is 0.315. The van der Waals surface area contributed by atoms with Gasteiger partial charge >= 0.3 is 0 Å². The minimum absolute atomic E-state index is 0.315. The van der Waals surface area contributed by atoms with E-state index in [1.807, 2.05) is 23.5 Å². The van der Waals surface area contributed by atoms with Gasteiger partial charge in [-0.2, -0.15) is 0 Å². The van der Waals surface area contributed by atoms with Gasteiger partial charge < -0.3 is 5.11 Å². The number of fused-ring (bicyclic) bond motifs is 7. The van der Waals surface area contributed by atoms with Crippen molar-refractivity contribution in [3.63, 3.8) is 0 Å². The van der Waals surface area contributed by atoms with Gasteiger partial charge in [0.15, 0.2) is 0 Å². The van der Waals surface area contributed by atoms with Crippen LogP contribution in [0.2, 0.25) is 0 Å². The largest absolute Gasteiger partial charge is 0.508 e. The van der Waals surface area contributed by atoms with Crippen LogP contribution in [0.15, 0.2) is 66.7 Å². The van der Waals surface area contributed by atoms with Crippen molar-refractivity contribution in [3.05, 3.63) is 66.7 Å². The SMILES string of the molecule is Oc1ccc2c(ccc3ccc4c5ccccc5sc4c32)c1. The summed E-state index contributed by atoms with van der Waals surface area (Å²) in [6, 6.07) is 22.8. The quantitative estimate of drug-likeness (QED) is 0.344. The third-order valence-electron chi connectivity index (χ3n) is 4.33. The highest BCUT2D eigenvalue weighted by Gasteiger charge is 2.10. The summed E-state index contributed by atoms with van der Waals surface area (Å²) in [5, 5.41) is 17.2. The molecule has 0 fully saturated rings. The molecule has 22 heavy (non-hydrogen) atoms. The Balaban J connectivity index is 2.10. The number of phenolic OH excluding ortho intramolecular Hbond substituents is 1. The van der Waals surface area contributed by atoms with E-state index in [0.29, 0.717) is 5.75 Å². The molecule has 5 aromatic rings. The Hall–Kier alpha value is -2.58. The second-order valence-electron chi connectivity index (χ2n) is 5.61. The molecular weight excluding hydrogens is 288 g/mol. The van der Waals surface area contributed by atoms with Gasteiger partial charge in [0.25, 0.3) is 0 Å². The van der Waals surface area contributed by atoms with E-state index in [0.717, 1.165) is 5.39 Å². The summed E-state index contributed by atoms with van der Waals surface area (Å²) in [5.41, 5.74) is 0. The van der Waals surface area contributed by atoms with Crippen LogP contribution in [0.25, 0.3) is 41.7 Å². The van der Waals surface area contributed by atoms with Crippen LogP contribution in [0.1, 0.15) is 0 Å². The number of phenols is 1. The molecule has 0 radical (unpaired) electrons. The summed E-state index contributed by atoms with van der Waals surface area (Å²) in [5.74, 6) is 0.315. The molecule has 0 atom stereocenters. The fourth-order valence-electron chi connectivity index (χ4n) is 3.32. The molecule has 1 nitrogen and oxygen atoms in total. The monoisotopic (exact) mass is 300 g/mol. The Labute approximate surface area is 131 Å². The van der Waals surface area contributed by atoms with Crippen molar-refractivity contribution in [2.75, 3.05) is 0 Å². The molecule has 104 valence electrons. The first kappa shape index (κ1) is 12.0. The van der Waals surface area contributed by atoms with Crippen LogP contribution in [0.4, 0.5) is 0 Å². The van der Waals surface area contributed by atoms with E-state index in [1.165, 1.54) is 36.3 Å². The van der Waals surface area contributed by atoms with Crippen molar-refractivity contribution in [1.82, 2.24) is 0 Å². The van der Waals surface area contributed by atoms with Crippen LogP contribution in [-0.4, -0.2) is 5.11 Å². The number of hydrogen-bond donors (Lipinski definition) is 1. The van der Waals surface area contributed by atoms with E-state index < -0.39 is 0 Å². The zero-order valence-corrected chi connectivity index (χ0v) is 12.5. The molecule has 0 amide bonds. The molecule has 0 aliphatic carbocycles. The zero-order valence-electron chi connectivity index (χ0n) is 11.7. The maximum atomic E-state index is 9.73. The number of aromatic hydroxyl groups is 1. The van der Waals surface area contributed by atoms with Crippen molar-refractivity contribution in [1.29, 1.82) is 0 Å². The average Bonchev–Trinajstić information content (AvgIpc) is 2.93. The molecule has 0 aliphatic heterocycles. The van der Waals surface area contributed by atoms with Crippen molar-refractivity contribution in [2.45, 2.75) is 0 Å². The lowest BCUT2D eigenvalue weighted by Gasteiger charge is -2.06. The molecule has 0 unspecified atom stereocenters. The van der Waals surface area contributed by atoms with E-state index in [-0.39, 0.29) is 0 Å². The van der Waals surface area contributed by atoms with Crippen LogP contribution in [0.5, 0.6) is 5.75 Å². The number of rotatable bonds is 0. The summed E-state index contributed by atoms with van der Waals surface area (Å²) in [7, 11) is 0. The third kappa shape index (κ3) is 1.53. The van der Waals surface area contributed by atoms with Crippen molar-refractivity contribution >= 4 is 53.1 Å². The summed E-state index contributed by atoms with van der Waals surface area (Å²) >= 11 is 1.85. The Bertz CT molecular complexity index is 1180. The summed E-state index contributed by atoms with van der Waals surface area (Å²) in [6.07, 6.45) is 0. The molecular formula is C20H12OS. The first-order valence-electron chi connectivity index (χ1n) is 7.27. The minimum Gasteiger partial charge on any atom is -0.508 e. The standard InChI is InChI=1S/C20H12OS/c21-14-8-10-15-13(11-14)6-5-12-7-9-17-16-3-1-2-4-18(16)22-20(17)19(12)15/h1-11,21H. The molecule has 1 aromatic heterocycles. The van der Waals surface area contributed by atoms with Gasteiger partial charge in [-0.15, -0.1) is 11.3 Å². The van der Waals surface area contributed by atoms with Gasteiger partial charge in [0.2, 0.25) is 0 Å². The predicted octanol–water partition coefficient (Wildman–Crippen LogP) is 6.07. The van der Waals surface area contributed by atoms with E-state index in [4.69, 9.17) is 0 Å². The Morgan fingerprint density at radius 3 is 2.41 bits per heavy atom. The fourth-order valence-corrected chi connectivity index (χ4v) is 4.59. The van der Waals surface area contributed by atoms with Crippen molar-refractivity contribution in [2.24, 2.45) is 0 Å². The Morgan fingerprint density at radius 2 is 1.45 bits per heavy atom. The van der Waals surface area contributed by atoms with Gasteiger partial charge in [-0.25, -0.2) is 0 Å². The maximum Gasteiger partial charge on any atom is 0.116 e.